The molecule has 28 heavy (non-hydrogen) atoms. The van der Waals surface area contributed by atoms with Crippen LogP contribution in [0.25, 0.3) is 5.57 Å². The molecule has 0 radical (unpaired) electrons. The maximum absolute atomic E-state index is 13.2. The van der Waals surface area contributed by atoms with E-state index in [0.29, 0.717) is 29.2 Å². The van der Waals surface area contributed by atoms with E-state index in [0.717, 1.165) is 29.9 Å². The number of imide groups is 1. The molecule has 3 heterocycles. The van der Waals surface area contributed by atoms with Gasteiger partial charge in [0.25, 0.3) is 11.8 Å². The second-order valence-electron chi connectivity index (χ2n) is 6.39. The van der Waals surface area contributed by atoms with Gasteiger partial charge in [0.05, 0.1) is 11.3 Å². The summed E-state index contributed by atoms with van der Waals surface area (Å²) in [7, 11) is 0. The summed E-state index contributed by atoms with van der Waals surface area (Å²) in [5.74, 6) is -1.56. The van der Waals surface area contributed by atoms with Gasteiger partial charge in [0.2, 0.25) is 0 Å². The lowest BCUT2D eigenvalue weighted by Gasteiger charge is -2.20. The van der Waals surface area contributed by atoms with Gasteiger partial charge < -0.3 is 9.64 Å². The average Bonchev–Trinajstić information content (AvgIpc) is 3.34. The fourth-order valence-electron chi connectivity index (χ4n) is 3.45. The predicted octanol–water partition coefficient (Wildman–Crippen LogP) is 4.03. The number of nitrogens with zero attached hydrogens (tertiary/aromatic N) is 2. The van der Waals surface area contributed by atoms with E-state index in [1.165, 1.54) is 23.5 Å². The highest BCUT2D eigenvalue weighted by Gasteiger charge is 2.43. The van der Waals surface area contributed by atoms with Crippen LogP contribution >= 0.6 is 11.3 Å². The molecule has 0 unspecified atom stereocenters. The number of hydrogen-bond acceptors (Lipinski definition) is 5. The van der Waals surface area contributed by atoms with E-state index in [1.54, 1.807) is 12.1 Å². The van der Waals surface area contributed by atoms with Gasteiger partial charge in [-0.15, -0.1) is 24.5 Å². The number of hydrogen-bond donors (Lipinski definition) is 0. The van der Waals surface area contributed by atoms with E-state index in [4.69, 9.17) is 0 Å². The summed E-state index contributed by atoms with van der Waals surface area (Å²) in [6, 6.07) is 8.44. The number of carbonyl (C=O) groups is 2. The van der Waals surface area contributed by atoms with E-state index in [1.807, 2.05) is 10.3 Å². The summed E-state index contributed by atoms with van der Waals surface area (Å²) >= 11 is 1.34. The molecule has 0 N–H and O–H groups in total. The molecule has 0 saturated carbocycles. The van der Waals surface area contributed by atoms with Gasteiger partial charge in [0.1, 0.15) is 11.4 Å². The van der Waals surface area contributed by atoms with Crippen molar-refractivity contribution in [3.05, 3.63) is 52.4 Å². The van der Waals surface area contributed by atoms with Crippen LogP contribution in [0.2, 0.25) is 0 Å². The number of likely N-dealkylation sites (tertiary alicyclic amines) is 1. The molecule has 1 saturated heterocycles. The van der Waals surface area contributed by atoms with E-state index in [9.17, 15) is 22.8 Å². The Morgan fingerprint density at radius 2 is 1.75 bits per heavy atom. The number of ether oxygens (including phenoxy) is 1. The van der Waals surface area contributed by atoms with E-state index < -0.39 is 23.9 Å². The molecule has 5 nitrogen and oxygen atoms in total. The smallest absolute Gasteiger partial charge is 0.406 e. The van der Waals surface area contributed by atoms with Crippen LogP contribution in [-0.2, 0) is 9.59 Å². The van der Waals surface area contributed by atoms with E-state index >= 15 is 0 Å². The maximum atomic E-state index is 13.2. The second kappa shape index (κ2) is 6.97. The molecule has 0 aliphatic carbocycles. The molecule has 2 aliphatic rings. The Labute approximate surface area is 162 Å². The van der Waals surface area contributed by atoms with Gasteiger partial charge in [-0.1, -0.05) is 12.1 Å². The number of amides is 2. The summed E-state index contributed by atoms with van der Waals surface area (Å²) in [6.45, 7) is 1.32. The van der Waals surface area contributed by atoms with Crippen LogP contribution in [-0.4, -0.2) is 36.2 Å². The summed E-state index contributed by atoms with van der Waals surface area (Å²) in [5, 5.41) is 1.81. The Morgan fingerprint density at radius 1 is 1.00 bits per heavy atom. The molecule has 4 rings (SSSR count). The van der Waals surface area contributed by atoms with Crippen molar-refractivity contribution >= 4 is 34.4 Å². The number of carbonyl (C=O) groups excluding carboxylic acids is 2. The van der Waals surface area contributed by atoms with E-state index in [2.05, 4.69) is 4.74 Å². The minimum atomic E-state index is -4.86. The molecule has 9 heteroatoms. The van der Waals surface area contributed by atoms with Crippen LogP contribution in [0.1, 0.15) is 17.7 Å². The molecule has 0 atom stereocenters. The molecule has 1 fully saturated rings. The number of halogens is 3. The Balaban J connectivity index is 1.74. The molecule has 1 aromatic carbocycles. The van der Waals surface area contributed by atoms with Crippen molar-refractivity contribution in [1.82, 2.24) is 4.90 Å². The molecule has 0 spiro atoms. The Bertz CT molecular complexity index is 948. The molecule has 1 aromatic heterocycles. The zero-order valence-electron chi connectivity index (χ0n) is 14.5. The molecule has 0 bridgehead atoms. The third-order valence-corrected chi connectivity index (χ3v) is 5.45. The van der Waals surface area contributed by atoms with Gasteiger partial charge in [-0.05, 0) is 36.4 Å². The van der Waals surface area contributed by atoms with Crippen molar-refractivity contribution in [3.63, 3.8) is 0 Å². The van der Waals surface area contributed by atoms with Crippen LogP contribution in [0.5, 0.6) is 5.75 Å². The lowest BCUT2D eigenvalue weighted by Crippen LogP contribution is -2.34. The number of rotatable bonds is 4. The first-order chi connectivity index (χ1) is 13.3. The first-order valence-electron chi connectivity index (χ1n) is 8.63. The first-order valence-corrected chi connectivity index (χ1v) is 9.51. The number of benzene rings is 1. The van der Waals surface area contributed by atoms with Gasteiger partial charge in [0, 0.05) is 24.0 Å². The van der Waals surface area contributed by atoms with Gasteiger partial charge in [-0.25, -0.2) is 4.90 Å². The van der Waals surface area contributed by atoms with Crippen molar-refractivity contribution in [2.24, 2.45) is 0 Å². The lowest BCUT2D eigenvalue weighted by molar-refractivity contribution is -0.274. The molecule has 146 valence electrons. The quantitative estimate of drug-likeness (QED) is 0.717. The summed E-state index contributed by atoms with van der Waals surface area (Å²) < 4.78 is 41.5. The van der Waals surface area contributed by atoms with Crippen molar-refractivity contribution < 1.29 is 27.5 Å². The largest absolute Gasteiger partial charge is 0.573 e. The Kier molecular flexibility index (Phi) is 4.62. The second-order valence-corrected chi connectivity index (χ2v) is 7.33. The fourth-order valence-corrected chi connectivity index (χ4v) is 4.21. The van der Waals surface area contributed by atoms with Crippen LogP contribution in [0.3, 0.4) is 0 Å². The van der Waals surface area contributed by atoms with Crippen LogP contribution in [0.15, 0.2) is 47.5 Å². The van der Waals surface area contributed by atoms with E-state index in [-0.39, 0.29) is 5.69 Å². The monoisotopic (exact) mass is 408 g/mol. The SMILES string of the molecule is O=C1C(c2cccs2)=C(N2CCCC2)C(=O)N1c1cccc(OC(F)(F)F)c1. The average molecular weight is 408 g/mol. The zero-order chi connectivity index (χ0) is 19.9. The lowest BCUT2D eigenvalue weighted by atomic mass is 10.2. The van der Waals surface area contributed by atoms with Gasteiger partial charge in [0.15, 0.2) is 0 Å². The first kappa shape index (κ1) is 18.5. The fraction of sp³-hybridized carbons (Fsp3) is 0.263. The standard InChI is InChI=1S/C19H15F3N2O3S/c20-19(21,22)27-13-6-3-5-12(11-13)24-17(25)15(14-7-4-10-28-14)16(18(24)26)23-8-1-2-9-23/h3-7,10-11H,1-2,8-9H2. The van der Waals surface area contributed by atoms with Crippen molar-refractivity contribution in [1.29, 1.82) is 0 Å². The number of anilines is 1. The Morgan fingerprint density at radius 3 is 2.39 bits per heavy atom. The van der Waals surface area contributed by atoms with Gasteiger partial charge in [-0.2, -0.15) is 0 Å². The van der Waals surface area contributed by atoms with Crippen LogP contribution in [0, 0.1) is 0 Å². The highest BCUT2D eigenvalue weighted by molar-refractivity contribution is 7.11. The highest BCUT2D eigenvalue weighted by atomic mass is 32.1. The minimum absolute atomic E-state index is 0.0417. The minimum Gasteiger partial charge on any atom is -0.406 e. The summed E-state index contributed by atoms with van der Waals surface area (Å²) in [4.78, 5) is 29.8. The predicted molar refractivity (Wildman–Crippen MR) is 97.7 cm³/mol. The molecular weight excluding hydrogens is 393 g/mol. The van der Waals surface area contributed by atoms with Crippen LogP contribution in [0.4, 0.5) is 18.9 Å². The third kappa shape index (κ3) is 3.37. The summed E-state index contributed by atoms with van der Waals surface area (Å²) in [6.07, 6.45) is -3.03. The Hall–Kier alpha value is -2.81. The normalized spacial score (nSPS) is 17.8. The number of thiophene rings is 1. The van der Waals surface area contributed by atoms with Gasteiger partial charge >= 0.3 is 6.36 Å². The topological polar surface area (TPSA) is 49.9 Å². The van der Waals surface area contributed by atoms with Gasteiger partial charge in [-0.3, -0.25) is 9.59 Å². The van der Waals surface area contributed by atoms with Crippen LogP contribution < -0.4 is 9.64 Å². The van der Waals surface area contributed by atoms with Crippen molar-refractivity contribution in [2.75, 3.05) is 18.0 Å². The molecular formula is C19H15F3N2O3S. The summed E-state index contributed by atoms with van der Waals surface area (Å²) in [5.41, 5.74) is 0.649. The third-order valence-electron chi connectivity index (χ3n) is 4.56. The zero-order valence-corrected chi connectivity index (χ0v) is 15.3. The maximum Gasteiger partial charge on any atom is 0.573 e. The van der Waals surface area contributed by atoms with Crippen molar-refractivity contribution in [2.45, 2.75) is 19.2 Å². The van der Waals surface area contributed by atoms with Crippen molar-refractivity contribution in [3.8, 4) is 5.75 Å². The molecule has 2 aromatic rings. The molecule has 2 amide bonds. The number of alkyl halides is 3. The molecule has 2 aliphatic heterocycles. The highest BCUT2D eigenvalue weighted by Crippen LogP contribution is 2.38.